The van der Waals surface area contributed by atoms with E-state index in [-0.39, 0.29) is 25.7 Å². The fraction of sp³-hybridized carbons (Fsp3) is 0.944. The molecule has 0 aliphatic heterocycles. The molecule has 0 radical (unpaired) electrons. The average molecular weight is 1340 g/mol. The molecule has 0 amide bonds. The summed E-state index contributed by atoms with van der Waals surface area (Å²) in [6.45, 7) is 14.1. The van der Waals surface area contributed by atoms with Crippen LogP contribution in [0.25, 0.3) is 0 Å². The minimum absolute atomic E-state index is 0.105. The zero-order valence-corrected chi connectivity index (χ0v) is 61.3. The molecule has 0 aliphatic rings. The van der Waals surface area contributed by atoms with Crippen LogP contribution in [-0.2, 0) is 65.4 Å². The lowest BCUT2D eigenvalue weighted by Crippen LogP contribution is -2.30. The smallest absolute Gasteiger partial charge is 0.462 e. The first kappa shape index (κ1) is 89.1. The minimum atomic E-state index is -4.95. The number of carbonyl (C=O) groups is 4. The lowest BCUT2D eigenvalue weighted by molar-refractivity contribution is -0.161. The van der Waals surface area contributed by atoms with Crippen molar-refractivity contribution in [1.29, 1.82) is 0 Å². The first-order valence-corrected chi connectivity index (χ1v) is 40.2. The van der Waals surface area contributed by atoms with Crippen LogP contribution in [0.1, 0.15) is 357 Å². The number of esters is 4. The van der Waals surface area contributed by atoms with E-state index in [1.165, 1.54) is 148 Å². The highest BCUT2D eigenvalue weighted by Crippen LogP contribution is 2.45. The standard InChI is InChI=1S/C72H140O17P2/c1-62(2)48-40-32-24-19-15-12-10-9-11-13-17-21-27-38-46-54-71(76)89-68(59-83-70(75)53-45-37-31-30-35-43-51-65(7)8)61-87-91(80,81)85-57-66(73)56-84-90(78,79)86-60-67(58-82-69(74)52-44-36-29-23-26-34-42-50-64(5)6)88-72(77)55-47-39-28-22-18-14-16-20-25-33-41-49-63(3)4/h62-68,73H,9-61H2,1-8H3,(H,78,79)(H,80,81)/t66?,67-,68-/m1/s1. The average Bonchev–Trinajstić information content (AvgIpc) is 3.63. The molecule has 19 heteroatoms. The molecule has 0 spiro atoms. The van der Waals surface area contributed by atoms with E-state index in [9.17, 15) is 43.2 Å². The molecule has 0 rings (SSSR count). The molecule has 17 nitrogen and oxygen atoms in total. The summed E-state index contributed by atoms with van der Waals surface area (Å²) in [7, 11) is -9.90. The van der Waals surface area contributed by atoms with Crippen LogP contribution in [0, 0.1) is 23.7 Å². The van der Waals surface area contributed by atoms with Gasteiger partial charge in [0, 0.05) is 25.7 Å². The van der Waals surface area contributed by atoms with E-state index in [0.717, 1.165) is 115 Å². The summed E-state index contributed by atoms with van der Waals surface area (Å²) in [4.78, 5) is 72.6. The molecule has 0 aromatic carbocycles. The van der Waals surface area contributed by atoms with E-state index in [1.54, 1.807) is 0 Å². The molecule has 0 saturated heterocycles. The minimum Gasteiger partial charge on any atom is -0.462 e. The highest BCUT2D eigenvalue weighted by atomic mass is 31.2. The molecule has 5 atom stereocenters. The number of ether oxygens (including phenoxy) is 4. The number of hydrogen-bond acceptors (Lipinski definition) is 15. The Morgan fingerprint density at radius 1 is 0.275 bits per heavy atom. The normalized spacial score (nSPS) is 14.2. The third-order valence-electron chi connectivity index (χ3n) is 16.6. The molecule has 3 unspecified atom stereocenters. The van der Waals surface area contributed by atoms with E-state index in [4.69, 9.17) is 37.0 Å². The molecule has 0 bridgehead atoms. The van der Waals surface area contributed by atoms with E-state index in [0.29, 0.717) is 37.5 Å². The van der Waals surface area contributed by atoms with Crippen LogP contribution in [0.4, 0.5) is 0 Å². The van der Waals surface area contributed by atoms with Crippen molar-refractivity contribution in [3.63, 3.8) is 0 Å². The molecule has 0 fully saturated rings. The second-order valence-corrected chi connectivity index (χ2v) is 30.8. The molecule has 91 heavy (non-hydrogen) atoms. The number of unbranched alkanes of at least 4 members (excludes halogenated alkanes) is 35. The van der Waals surface area contributed by atoms with Gasteiger partial charge >= 0.3 is 39.5 Å². The van der Waals surface area contributed by atoms with E-state index in [1.807, 2.05) is 0 Å². The summed E-state index contributed by atoms with van der Waals surface area (Å²) < 4.78 is 68.3. The molecule has 3 N–H and O–H groups in total. The van der Waals surface area contributed by atoms with Crippen LogP contribution < -0.4 is 0 Å². The molecule has 0 aromatic heterocycles. The monoisotopic (exact) mass is 1340 g/mol. The van der Waals surface area contributed by atoms with Crippen molar-refractivity contribution >= 4 is 39.5 Å². The van der Waals surface area contributed by atoms with Crippen molar-refractivity contribution in [2.24, 2.45) is 23.7 Å². The largest absolute Gasteiger partial charge is 0.472 e. The third kappa shape index (κ3) is 66.5. The van der Waals surface area contributed by atoms with Crippen molar-refractivity contribution in [2.75, 3.05) is 39.6 Å². The second-order valence-electron chi connectivity index (χ2n) is 27.9. The van der Waals surface area contributed by atoms with Crippen LogP contribution >= 0.6 is 15.6 Å². The zero-order valence-electron chi connectivity index (χ0n) is 59.5. The Bertz CT molecular complexity index is 1800. The number of hydrogen-bond donors (Lipinski definition) is 3. The Balaban J connectivity index is 5.20. The number of phosphoric acid groups is 2. The first-order chi connectivity index (χ1) is 43.6. The fourth-order valence-corrected chi connectivity index (χ4v) is 12.4. The van der Waals surface area contributed by atoms with Gasteiger partial charge in [-0.25, -0.2) is 9.13 Å². The van der Waals surface area contributed by atoms with Gasteiger partial charge in [0.05, 0.1) is 26.4 Å². The van der Waals surface area contributed by atoms with Crippen molar-refractivity contribution in [3.05, 3.63) is 0 Å². The van der Waals surface area contributed by atoms with E-state index < -0.39 is 97.5 Å². The Morgan fingerprint density at radius 3 is 0.681 bits per heavy atom. The van der Waals surface area contributed by atoms with Gasteiger partial charge in [0.2, 0.25) is 0 Å². The molecular formula is C72H140O17P2. The Hall–Kier alpha value is -1.94. The summed E-state index contributed by atoms with van der Waals surface area (Å²) in [5.74, 6) is 0.823. The summed E-state index contributed by atoms with van der Waals surface area (Å²) in [6, 6.07) is 0. The Kier molecular flexibility index (Phi) is 60.3. The molecule has 0 saturated carbocycles. The topological polar surface area (TPSA) is 237 Å². The van der Waals surface area contributed by atoms with E-state index in [2.05, 4.69) is 55.4 Å². The third-order valence-corrected chi connectivity index (χ3v) is 18.5. The van der Waals surface area contributed by atoms with Gasteiger partial charge < -0.3 is 33.8 Å². The maximum atomic E-state index is 13.0. The lowest BCUT2D eigenvalue weighted by atomic mass is 10.0. The van der Waals surface area contributed by atoms with Crippen molar-refractivity contribution in [1.82, 2.24) is 0 Å². The van der Waals surface area contributed by atoms with Crippen LogP contribution in [0.2, 0.25) is 0 Å². The molecule has 0 heterocycles. The van der Waals surface area contributed by atoms with Gasteiger partial charge in [-0.15, -0.1) is 0 Å². The van der Waals surface area contributed by atoms with Gasteiger partial charge in [-0.05, 0) is 49.4 Å². The molecule has 540 valence electrons. The Morgan fingerprint density at radius 2 is 0.462 bits per heavy atom. The summed E-state index contributed by atoms with van der Waals surface area (Å²) in [5, 5.41) is 10.6. The maximum Gasteiger partial charge on any atom is 0.472 e. The van der Waals surface area contributed by atoms with Gasteiger partial charge in [-0.1, -0.05) is 306 Å². The van der Waals surface area contributed by atoms with Gasteiger partial charge in [-0.3, -0.25) is 37.3 Å². The number of rotatable bonds is 69. The number of aliphatic hydroxyl groups excluding tert-OH is 1. The maximum absolute atomic E-state index is 13.0. The van der Waals surface area contributed by atoms with Gasteiger partial charge in [-0.2, -0.15) is 0 Å². The zero-order chi connectivity index (χ0) is 67.5. The van der Waals surface area contributed by atoms with Gasteiger partial charge in [0.1, 0.15) is 19.3 Å². The summed E-state index contributed by atoms with van der Waals surface area (Å²) >= 11 is 0. The number of aliphatic hydroxyl groups is 1. The quantitative estimate of drug-likeness (QED) is 0.0222. The highest BCUT2D eigenvalue weighted by molar-refractivity contribution is 7.47. The SMILES string of the molecule is CC(C)CCCCCCCCCCCCCCCCCC(=O)O[C@H](COC(=O)CCCCCCCCC(C)C)COP(=O)(O)OCC(O)COP(=O)(O)OC[C@@H](COC(=O)CCCCCCCCCC(C)C)OC(=O)CCCCCCCCCCCCCC(C)C. The van der Waals surface area contributed by atoms with E-state index >= 15 is 0 Å². The van der Waals surface area contributed by atoms with Gasteiger partial charge in [0.15, 0.2) is 12.2 Å². The molecular weight excluding hydrogens is 1200 g/mol. The first-order valence-electron chi connectivity index (χ1n) is 37.2. The summed E-state index contributed by atoms with van der Waals surface area (Å²) in [5.41, 5.74) is 0. The van der Waals surface area contributed by atoms with Crippen molar-refractivity contribution in [2.45, 2.75) is 375 Å². The predicted molar refractivity (Wildman–Crippen MR) is 367 cm³/mol. The molecule has 0 aromatic rings. The highest BCUT2D eigenvalue weighted by Gasteiger charge is 2.30. The van der Waals surface area contributed by atoms with Crippen molar-refractivity contribution < 1.29 is 80.2 Å². The van der Waals surface area contributed by atoms with Gasteiger partial charge in [0.25, 0.3) is 0 Å². The fourth-order valence-electron chi connectivity index (χ4n) is 10.8. The van der Waals surface area contributed by atoms with Crippen LogP contribution in [0.5, 0.6) is 0 Å². The number of carbonyl (C=O) groups excluding carboxylic acids is 4. The van der Waals surface area contributed by atoms with Crippen molar-refractivity contribution in [3.8, 4) is 0 Å². The van der Waals surface area contributed by atoms with Crippen LogP contribution in [-0.4, -0.2) is 96.7 Å². The lowest BCUT2D eigenvalue weighted by Gasteiger charge is -2.21. The predicted octanol–water partition coefficient (Wildman–Crippen LogP) is 20.5. The van der Waals surface area contributed by atoms with Crippen LogP contribution in [0.3, 0.4) is 0 Å². The second kappa shape index (κ2) is 61.6. The number of phosphoric ester groups is 2. The summed E-state index contributed by atoms with van der Waals surface area (Å²) in [6.07, 6.45) is 44.7. The molecule has 0 aliphatic carbocycles. The van der Waals surface area contributed by atoms with Crippen LogP contribution in [0.15, 0.2) is 0 Å². The Labute approximate surface area is 556 Å².